The molecule has 1 aromatic carbocycles. The fourth-order valence-corrected chi connectivity index (χ4v) is 1.50. The monoisotopic (exact) mass is 223 g/mol. The Morgan fingerprint density at radius 3 is 2.75 bits per heavy atom. The van der Waals surface area contributed by atoms with Gasteiger partial charge in [-0.15, -0.1) is 0 Å². The Hall–Kier alpha value is -1.58. The summed E-state index contributed by atoms with van der Waals surface area (Å²) >= 11 is 0. The summed E-state index contributed by atoms with van der Waals surface area (Å²) in [5.41, 5.74) is 0.681. The summed E-state index contributed by atoms with van der Waals surface area (Å²) in [7, 11) is 0. The van der Waals surface area contributed by atoms with Crippen LogP contribution < -0.4 is 5.32 Å². The molecule has 0 atom stereocenters. The van der Waals surface area contributed by atoms with Crippen LogP contribution in [0.1, 0.15) is 30.1 Å². The lowest BCUT2D eigenvalue weighted by molar-refractivity contribution is 0.0692. The van der Waals surface area contributed by atoms with E-state index in [1.807, 2.05) is 0 Å². The summed E-state index contributed by atoms with van der Waals surface area (Å²) in [6.45, 7) is 2.97. The molecule has 0 spiro atoms. The van der Waals surface area contributed by atoms with E-state index < -0.39 is 11.8 Å². The van der Waals surface area contributed by atoms with Crippen LogP contribution in [-0.4, -0.2) is 17.6 Å². The molecule has 86 valence electrons. The van der Waals surface area contributed by atoms with Crippen molar-refractivity contribution in [2.75, 3.05) is 11.9 Å². The van der Waals surface area contributed by atoms with Crippen LogP contribution >= 0.6 is 0 Å². The second-order valence-electron chi connectivity index (χ2n) is 4.66. The number of hydrogen-bond donors (Lipinski definition) is 2. The number of carboxylic acid groups (broad SMARTS) is 1. The van der Waals surface area contributed by atoms with E-state index in [1.54, 1.807) is 6.07 Å². The lowest BCUT2D eigenvalue weighted by atomic mass is 10.1. The molecular formula is C12H14FNO2. The van der Waals surface area contributed by atoms with Crippen LogP contribution in [0.4, 0.5) is 10.1 Å². The highest BCUT2D eigenvalue weighted by Gasteiger charge is 2.36. The minimum Gasteiger partial charge on any atom is -0.478 e. The summed E-state index contributed by atoms with van der Waals surface area (Å²) in [4.78, 5) is 10.6. The van der Waals surface area contributed by atoms with Crippen LogP contribution in [0.25, 0.3) is 0 Å². The van der Waals surface area contributed by atoms with Crippen LogP contribution in [-0.2, 0) is 0 Å². The van der Waals surface area contributed by atoms with Crippen LogP contribution in [0, 0.1) is 11.2 Å². The van der Waals surface area contributed by atoms with Crippen LogP contribution in [0.15, 0.2) is 18.2 Å². The first-order valence-corrected chi connectivity index (χ1v) is 5.27. The Morgan fingerprint density at radius 2 is 2.25 bits per heavy atom. The molecular weight excluding hydrogens is 209 g/mol. The third-order valence-electron chi connectivity index (χ3n) is 3.02. The topological polar surface area (TPSA) is 49.3 Å². The van der Waals surface area contributed by atoms with Gasteiger partial charge < -0.3 is 10.4 Å². The molecule has 0 heterocycles. The van der Waals surface area contributed by atoms with Crippen LogP contribution in [0.5, 0.6) is 0 Å². The zero-order valence-electron chi connectivity index (χ0n) is 9.09. The van der Waals surface area contributed by atoms with Crippen molar-refractivity contribution in [3.8, 4) is 0 Å². The number of nitrogens with one attached hydrogen (secondary N) is 1. The molecule has 4 heteroatoms. The Kier molecular flexibility index (Phi) is 2.58. The van der Waals surface area contributed by atoms with E-state index in [0.29, 0.717) is 11.1 Å². The molecule has 0 aromatic heterocycles. The molecule has 1 fully saturated rings. The van der Waals surface area contributed by atoms with Gasteiger partial charge in [-0.3, -0.25) is 0 Å². The number of carboxylic acids is 1. The van der Waals surface area contributed by atoms with Gasteiger partial charge in [-0.05, 0) is 36.5 Å². The van der Waals surface area contributed by atoms with Crippen molar-refractivity contribution in [3.63, 3.8) is 0 Å². The maximum atomic E-state index is 13.3. The van der Waals surface area contributed by atoms with E-state index in [2.05, 4.69) is 12.2 Å². The predicted molar refractivity (Wildman–Crippen MR) is 59.2 cm³/mol. The highest BCUT2D eigenvalue weighted by molar-refractivity contribution is 5.88. The van der Waals surface area contributed by atoms with Gasteiger partial charge in [0.25, 0.3) is 0 Å². The van der Waals surface area contributed by atoms with E-state index in [-0.39, 0.29) is 5.56 Å². The molecule has 0 saturated heterocycles. The van der Waals surface area contributed by atoms with Gasteiger partial charge in [-0.2, -0.15) is 0 Å². The largest absolute Gasteiger partial charge is 0.478 e. The second-order valence-corrected chi connectivity index (χ2v) is 4.66. The first kappa shape index (κ1) is 10.9. The standard InChI is InChI=1S/C12H14FNO2/c1-12(4-5-12)7-14-8-2-3-9(11(15)16)10(13)6-8/h2-3,6,14H,4-5,7H2,1H3,(H,15,16). The van der Waals surface area contributed by atoms with Gasteiger partial charge in [0.05, 0.1) is 5.56 Å². The maximum Gasteiger partial charge on any atom is 0.338 e. The van der Waals surface area contributed by atoms with Crippen LogP contribution in [0.3, 0.4) is 0 Å². The summed E-state index contributed by atoms with van der Waals surface area (Å²) < 4.78 is 13.3. The zero-order valence-corrected chi connectivity index (χ0v) is 9.09. The minimum atomic E-state index is -1.24. The normalized spacial score (nSPS) is 16.9. The first-order chi connectivity index (χ1) is 7.50. The number of aromatic carboxylic acids is 1. The highest BCUT2D eigenvalue weighted by Crippen LogP contribution is 2.44. The van der Waals surface area contributed by atoms with Crippen molar-refractivity contribution >= 4 is 11.7 Å². The van der Waals surface area contributed by atoms with Gasteiger partial charge in [0.2, 0.25) is 0 Å². The molecule has 0 unspecified atom stereocenters. The molecule has 0 radical (unpaired) electrons. The van der Waals surface area contributed by atoms with Gasteiger partial charge >= 0.3 is 5.97 Å². The van der Waals surface area contributed by atoms with Crippen molar-refractivity contribution in [2.45, 2.75) is 19.8 Å². The average molecular weight is 223 g/mol. The van der Waals surface area contributed by atoms with Crippen molar-refractivity contribution < 1.29 is 14.3 Å². The third-order valence-corrected chi connectivity index (χ3v) is 3.02. The van der Waals surface area contributed by atoms with Gasteiger partial charge in [-0.1, -0.05) is 6.92 Å². The third kappa shape index (κ3) is 2.32. The van der Waals surface area contributed by atoms with E-state index in [0.717, 1.165) is 6.54 Å². The van der Waals surface area contributed by atoms with Gasteiger partial charge in [0, 0.05) is 12.2 Å². The minimum absolute atomic E-state index is 0.289. The quantitative estimate of drug-likeness (QED) is 0.825. The number of benzene rings is 1. The number of rotatable bonds is 4. The predicted octanol–water partition coefficient (Wildman–Crippen LogP) is 2.74. The van der Waals surface area contributed by atoms with E-state index in [1.165, 1.54) is 25.0 Å². The average Bonchev–Trinajstić information content (AvgIpc) is 2.94. The van der Waals surface area contributed by atoms with Crippen molar-refractivity contribution in [2.24, 2.45) is 5.41 Å². The molecule has 2 N–H and O–H groups in total. The molecule has 0 bridgehead atoms. The van der Waals surface area contributed by atoms with Gasteiger partial charge in [-0.25, -0.2) is 9.18 Å². The smallest absolute Gasteiger partial charge is 0.338 e. The fraction of sp³-hybridized carbons (Fsp3) is 0.417. The maximum absolute atomic E-state index is 13.3. The SMILES string of the molecule is CC1(CNc2ccc(C(=O)O)c(F)c2)CC1. The summed E-state index contributed by atoms with van der Waals surface area (Å²) in [5, 5.41) is 11.8. The Balaban J connectivity index is 2.05. The van der Waals surface area contributed by atoms with Gasteiger partial charge in [0.15, 0.2) is 0 Å². The second kappa shape index (κ2) is 3.77. The molecule has 1 aromatic rings. The Bertz CT molecular complexity index is 427. The number of anilines is 1. The van der Waals surface area contributed by atoms with Gasteiger partial charge in [0.1, 0.15) is 5.82 Å². The molecule has 3 nitrogen and oxygen atoms in total. The molecule has 1 aliphatic carbocycles. The number of halogens is 1. The lowest BCUT2D eigenvalue weighted by Crippen LogP contribution is -2.12. The summed E-state index contributed by atoms with van der Waals surface area (Å²) in [6, 6.07) is 4.11. The molecule has 1 aliphatic rings. The van der Waals surface area contributed by atoms with E-state index >= 15 is 0 Å². The highest BCUT2D eigenvalue weighted by atomic mass is 19.1. The first-order valence-electron chi connectivity index (χ1n) is 5.27. The number of hydrogen-bond acceptors (Lipinski definition) is 2. The summed E-state index contributed by atoms with van der Waals surface area (Å²) in [6.07, 6.45) is 2.38. The molecule has 0 amide bonds. The van der Waals surface area contributed by atoms with Crippen molar-refractivity contribution in [1.29, 1.82) is 0 Å². The fourth-order valence-electron chi connectivity index (χ4n) is 1.50. The van der Waals surface area contributed by atoms with Crippen molar-refractivity contribution in [1.82, 2.24) is 0 Å². The van der Waals surface area contributed by atoms with Crippen LogP contribution in [0.2, 0.25) is 0 Å². The van der Waals surface area contributed by atoms with E-state index in [9.17, 15) is 9.18 Å². The van der Waals surface area contributed by atoms with Crippen molar-refractivity contribution in [3.05, 3.63) is 29.6 Å². The Labute approximate surface area is 93.3 Å². The molecule has 2 rings (SSSR count). The zero-order chi connectivity index (χ0) is 11.8. The summed E-state index contributed by atoms with van der Waals surface area (Å²) in [5.74, 6) is -1.93. The van der Waals surface area contributed by atoms with E-state index in [4.69, 9.17) is 5.11 Å². The Morgan fingerprint density at radius 1 is 1.56 bits per heavy atom. The molecule has 0 aliphatic heterocycles. The lowest BCUT2D eigenvalue weighted by Gasteiger charge is -2.11. The number of carbonyl (C=O) groups is 1. The molecule has 1 saturated carbocycles. The molecule has 16 heavy (non-hydrogen) atoms.